The van der Waals surface area contributed by atoms with Crippen LogP contribution in [-0.2, 0) is 9.47 Å². The van der Waals surface area contributed by atoms with Gasteiger partial charge in [-0.3, -0.25) is 0 Å². The van der Waals surface area contributed by atoms with Gasteiger partial charge in [0.25, 0.3) is 0 Å². The van der Waals surface area contributed by atoms with Gasteiger partial charge in [-0.05, 0) is 44.1 Å². The predicted molar refractivity (Wildman–Crippen MR) is 76.0 cm³/mol. The number of nitrogens with one attached hydrogen (secondary N) is 1. The smallest absolute Gasteiger partial charge is 0.0700 e. The average Bonchev–Trinajstić information content (AvgIpc) is 2.31. The molecule has 0 saturated heterocycles. The Hall–Kier alpha value is -0.120. The SMILES string of the molecule is COCCOCCCCNC1CCCC(C)(C)C1. The first kappa shape index (κ1) is 15.9. The fraction of sp³-hybridized carbons (Fsp3) is 1.00. The first-order valence-corrected chi connectivity index (χ1v) is 7.44. The molecule has 3 nitrogen and oxygen atoms in total. The molecule has 3 heteroatoms. The second kappa shape index (κ2) is 8.89. The minimum atomic E-state index is 0.541. The van der Waals surface area contributed by atoms with E-state index in [0.717, 1.165) is 32.2 Å². The molecule has 0 aromatic heterocycles. The van der Waals surface area contributed by atoms with Crippen molar-refractivity contribution in [3.8, 4) is 0 Å². The molecule has 1 saturated carbocycles. The van der Waals surface area contributed by atoms with Gasteiger partial charge in [0.1, 0.15) is 0 Å². The molecule has 0 amide bonds. The lowest BCUT2D eigenvalue weighted by Crippen LogP contribution is -2.37. The normalized spacial score (nSPS) is 23.2. The van der Waals surface area contributed by atoms with Crippen molar-refractivity contribution in [3.63, 3.8) is 0 Å². The predicted octanol–water partition coefficient (Wildman–Crippen LogP) is 2.99. The molecule has 0 spiro atoms. The highest BCUT2D eigenvalue weighted by Gasteiger charge is 2.27. The van der Waals surface area contributed by atoms with Gasteiger partial charge in [0.2, 0.25) is 0 Å². The summed E-state index contributed by atoms with van der Waals surface area (Å²) in [5, 5.41) is 3.70. The van der Waals surface area contributed by atoms with E-state index in [1.54, 1.807) is 7.11 Å². The minimum absolute atomic E-state index is 0.541. The zero-order valence-corrected chi connectivity index (χ0v) is 12.5. The highest BCUT2D eigenvalue weighted by molar-refractivity contribution is 4.83. The number of rotatable bonds is 9. The fourth-order valence-corrected chi connectivity index (χ4v) is 2.75. The topological polar surface area (TPSA) is 30.5 Å². The first-order valence-electron chi connectivity index (χ1n) is 7.44. The molecule has 0 aliphatic heterocycles. The molecule has 1 aliphatic carbocycles. The number of hydrogen-bond donors (Lipinski definition) is 1. The third-order valence-corrected chi connectivity index (χ3v) is 3.79. The van der Waals surface area contributed by atoms with E-state index in [1.807, 2.05) is 0 Å². The van der Waals surface area contributed by atoms with Crippen LogP contribution in [0.2, 0.25) is 0 Å². The maximum absolute atomic E-state index is 5.45. The van der Waals surface area contributed by atoms with Gasteiger partial charge in [-0.25, -0.2) is 0 Å². The number of unbranched alkanes of at least 4 members (excludes halogenated alkanes) is 1. The van der Waals surface area contributed by atoms with E-state index in [0.29, 0.717) is 12.0 Å². The Morgan fingerprint density at radius 2 is 2.00 bits per heavy atom. The molecular weight excluding hydrogens is 226 g/mol. The largest absolute Gasteiger partial charge is 0.382 e. The van der Waals surface area contributed by atoms with Crippen LogP contribution in [0.15, 0.2) is 0 Å². The molecule has 0 radical (unpaired) electrons. The molecule has 0 aromatic carbocycles. The molecule has 1 fully saturated rings. The Morgan fingerprint density at radius 1 is 1.17 bits per heavy atom. The van der Waals surface area contributed by atoms with Gasteiger partial charge in [-0.1, -0.05) is 20.3 Å². The first-order chi connectivity index (χ1) is 8.64. The van der Waals surface area contributed by atoms with Crippen molar-refractivity contribution >= 4 is 0 Å². The van der Waals surface area contributed by atoms with Gasteiger partial charge < -0.3 is 14.8 Å². The molecule has 0 bridgehead atoms. The summed E-state index contributed by atoms with van der Waals surface area (Å²) in [6.45, 7) is 8.21. The number of hydrogen-bond acceptors (Lipinski definition) is 3. The van der Waals surface area contributed by atoms with Crippen LogP contribution in [0.3, 0.4) is 0 Å². The highest BCUT2D eigenvalue weighted by Crippen LogP contribution is 2.34. The average molecular weight is 257 g/mol. The van der Waals surface area contributed by atoms with E-state index in [9.17, 15) is 0 Å². The lowest BCUT2D eigenvalue weighted by atomic mass is 9.75. The van der Waals surface area contributed by atoms with Gasteiger partial charge in [0, 0.05) is 19.8 Å². The van der Waals surface area contributed by atoms with Gasteiger partial charge in [0.05, 0.1) is 13.2 Å². The van der Waals surface area contributed by atoms with E-state index in [2.05, 4.69) is 19.2 Å². The summed E-state index contributed by atoms with van der Waals surface area (Å²) in [6.07, 6.45) is 7.81. The van der Waals surface area contributed by atoms with E-state index in [-0.39, 0.29) is 0 Å². The van der Waals surface area contributed by atoms with Crippen molar-refractivity contribution in [1.82, 2.24) is 5.32 Å². The zero-order valence-electron chi connectivity index (χ0n) is 12.5. The number of ether oxygens (including phenoxy) is 2. The van der Waals surface area contributed by atoms with E-state index < -0.39 is 0 Å². The van der Waals surface area contributed by atoms with Crippen LogP contribution in [0.4, 0.5) is 0 Å². The maximum Gasteiger partial charge on any atom is 0.0700 e. The van der Waals surface area contributed by atoms with Gasteiger partial charge in [0.15, 0.2) is 0 Å². The van der Waals surface area contributed by atoms with Gasteiger partial charge >= 0.3 is 0 Å². The lowest BCUT2D eigenvalue weighted by molar-refractivity contribution is 0.0686. The van der Waals surface area contributed by atoms with Crippen LogP contribution >= 0.6 is 0 Å². The van der Waals surface area contributed by atoms with E-state index >= 15 is 0 Å². The molecule has 0 aromatic rings. The summed E-state index contributed by atoms with van der Waals surface area (Å²) < 4.78 is 10.4. The quantitative estimate of drug-likeness (QED) is 0.644. The van der Waals surface area contributed by atoms with Crippen molar-refractivity contribution in [2.75, 3.05) is 33.5 Å². The Kier molecular flexibility index (Phi) is 7.87. The third kappa shape index (κ3) is 7.34. The van der Waals surface area contributed by atoms with Crippen molar-refractivity contribution in [1.29, 1.82) is 0 Å². The van der Waals surface area contributed by atoms with Crippen LogP contribution in [0.25, 0.3) is 0 Å². The summed E-state index contributed by atoms with van der Waals surface area (Å²) in [6, 6.07) is 0.739. The molecule has 1 atom stereocenters. The molecular formula is C15H31NO2. The molecule has 18 heavy (non-hydrogen) atoms. The van der Waals surface area contributed by atoms with Crippen LogP contribution in [0, 0.1) is 5.41 Å². The lowest BCUT2D eigenvalue weighted by Gasteiger charge is -2.35. The summed E-state index contributed by atoms with van der Waals surface area (Å²) >= 11 is 0. The second-order valence-electron chi connectivity index (χ2n) is 6.22. The zero-order chi connectivity index (χ0) is 13.3. The third-order valence-electron chi connectivity index (χ3n) is 3.79. The maximum atomic E-state index is 5.45. The van der Waals surface area contributed by atoms with Crippen LogP contribution in [-0.4, -0.2) is 39.5 Å². The molecule has 1 rings (SSSR count). The van der Waals surface area contributed by atoms with Crippen molar-refractivity contribution in [3.05, 3.63) is 0 Å². The van der Waals surface area contributed by atoms with Gasteiger partial charge in [-0.15, -0.1) is 0 Å². The fourth-order valence-electron chi connectivity index (χ4n) is 2.75. The standard InChI is InChI=1S/C15H31NO2/c1-15(2)8-6-7-14(13-15)16-9-4-5-10-18-12-11-17-3/h14,16H,4-13H2,1-3H3. The summed E-state index contributed by atoms with van der Waals surface area (Å²) in [4.78, 5) is 0. The van der Waals surface area contributed by atoms with Crippen molar-refractivity contribution < 1.29 is 9.47 Å². The molecule has 1 aliphatic rings. The molecule has 1 unspecified atom stereocenters. The molecule has 108 valence electrons. The van der Waals surface area contributed by atoms with Gasteiger partial charge in [-0.2, -0.15) is 0 Å². The van der Waals surface area contributed by atoms with E-state index in [4.69, 9.17) is 9.47 Å². The highest BCUT2D eigenvalue weighted by atomic mass is 16.5. The van der Waals surface area contributed by atoms with Crippen molar-refractivity contribution in [2.45, 2.75) is 58.4 Å². The number of methoxy groups -OCH3 is 1. The van der Waals surface area contributed by atoms with Crippen LogP contribution in [0.1, 0.15) is 52.4 Å². The molecule has 1 N–H and O–H groups in total. The Morgan fingerprint density at radius 3 is 2.72 bits per heavy atom. The summed E-state index contributed by atoms with van der Waals surface area (Å²) in [7, 11) is 1.71. The Labute approximate surface area is 113 Å². The molecule has 0 heterocycles. The van der Waals surface area contributed by atoms with E-state index in [1.165, 1.54) is 32.1 Å². The summed E-state index contributed by atoms with van der Waals surface area (Å²) in [5.74, 6) is 0. The van der Waals surface area contributed by atoms with Crippen LogP contribution < -0.4 is 5.32 Å². The minimum Gasteiger partial charge on any atom is -0.382 e. The Bertz CT molecular complexity index is 207. The second-order valence-corrected chi connectivity index (χ2v) is 6.22. The Balaban J connectivity index is 1.91. The van der Waals surface area contributed by atoms with Crippen LogP contribution in [0.5, 0.6) is 0 Å². The summed E-state index contributed by atoms with van der Waals surface area (Å²) in [5.41, 5.74) is 0.541. The van der Waals surface area contributed by atoms with Crippen molar-refractivity contribution in [2.24, 2.45) is 5.41 Å². The monoisotopic (exact) mass is 257 g/mol.